The minimum absolute atomic E-state index is 0.537. The first kappa shape index (κ1) is 50.1. The van der Waals surface area contributed by atoms with Crippen molar-refractivity contribution in [3.05, 3.63) is 35.8 Å². The Morgan fingerprint density at radius 3 is 0.982 bits per heavy atom. The monoisotopic (exact) mass is 815 g/mol. The summed E-state index contributed by atoms with van der Waals surface area (Å²) in [4.78, 5) is 27.3. The third kappa shape index (κ3) is 16.7. The normalized spacial score (nSPS) is 13.2. The van der Waals surface area contributed by atoms with Crippen LogP contribution >= 0.6 is 0 Å². The van der Waals surface area contributed by atoms with Crippen LogP contribution in [0.1, 0.15) is 220 Å². The Bertz CT molecular complexity index is 1180. The zero-order chi connectivity index (χ0) is 41.1. The summed E-state index contributed by atoms with van der Waals surface area (Å²) in [7, 11) is -3.52. The summed E-state index contributed by atoms with van der Waals surface area (Å²) in [6, 6.07) is 10.9. The molecule has 56 heavy (non-hydrogen) atoms. The van der Waals surface area contributed by atoms with Crippen LogP contribution in [0.4, 0.5) is 0 Å². The quantitative estimate of drug-likeness (QED) is 0.0303. The van der Waals surface area contributed by atoms with Crippen molar-refractivity contribution in [2.75, 3.05) is 0 Å². The molecule has 2 aromatic rings. The maximum Gasteiger partial charge on any atom is 0.418 e. The highest BCUT2D eigenvalue weighted by atomic mass is 28.3. The summed E-state index contributed by atoms with van der Waals surface area (Å²) in [5.41, 5.74) is 1.73. The van der Waals surface area contributed by atoms with Gasteiger partial charge < -0.3 is 18.3 Å². The summed E-state index contributed by atoms with van der Waals surface area (Å²) < 4.78 is 24.7. The molecular weight excluding hydrogens is 729 g/mol. The minimum atomic E-state index is -1.76. The Morgan fingerprint density at radius 1 is 0.446 bits per heavy atom. The van der Waals surface area contributed by atoms with Crippen LogP contribution in [0.5, 0.6) is 0 Å². The number of esters is 2. The molecule has 0 spiro atoms. The summed E-state index contributed by atoms with van der Waals surface area (Å²) >= 11 is 0. The van der Waals surface area contributed by atoms with Gasteiger partial charge in [0.25, 0.3) is 0 Å². The number of furan rings is 2. The molecule has 6 nitrogen and oxygen atoms in total. The molecule has 2 heterocycles. The predicted octanol–water partition coefficient (Wildman–Crippen LogP) is 14.8. The molecule has 2 rings (SSSR count). The molecule has 0 saturated heterocycles. The average Bonchev–Trinajstić information content (AvgIpc) is 3.92. The third-order valence-corrected chi connectivity index (χ3v) is 24.1. The highest BCUT2D eigenvalue weighted by Gasteiger charge is 2.36. The summed E-state index contributed by atoms with van der Waals surface area (Å²) in [5, 5.41) is 2.15. The van der Waals surface area contributed by atoms with E-state index < -0.39 is 40.3 Å². The largest absolute Gasteiger partial charge is 0.474 e. The maximum absolute atomic E-state index is 13.7. The Kier molecular flexibility index (Phi) is 26.1. The van der Waals surface area contributed by atoms with Crippen molar-refractivity contribution in [3.8, 4) is 0 Å². The predicted molar refractivity (Wildman–Crippen MR) is 242 cm³/mol. The molecule has 0 saturated carbocycles. The number of hydrogen-bond donors (Lipinski definition) is 0. The first-order chi connectivity index (χ1) is 27.2. The van der Waals surface area contributed by atoms with Crippen LogP contribution in [0.25, 0.3) is 0 Å². The van der Waals surface area contributed by atoms with E-state index in [-0.39, 0.29) is 0 Å². The number of carbonyl (C=O) groups excluding carboxylic acids is 2. The summed E-state index contributed by atoms with van der Waals surface area (Å²) in [5.74, 6) is -1.82. The summed E-state index contributed by atoms with van der Waals surface area (Å²) in [6.07, 6.45) is 28.5. The molecule has 0 aliphatic carbocycles. The van der Waals surface area contributed by atoms with Crippen LogP contribution in [0, 0.1) is 0 Å². The van der Waals surface area contributed by atoms with Gasteiger partial charge in [0.05, 0.1) is 23.3 Å². The van der Waals surface area contributed by atoms with Crippen molar-refractivity contribution in [2.24, 2.45) is 0 Å². The fourth-order valence-electron chi connectivity index (χ4n) is 8.72. The Labute approximate surface area is 346 Å². The second-order valence-electron chi connectivity index (χ2n) is 16.9. The van der Waals surface area contributed by atoms with Crippen molar-refractivity contribution in [2.45, 2.75) is 245 Å². The van der Waals surface area contributed by atoms with E-state index in [1.165, 1.54) is 103 Å². The SMILES string of the molecule is CCCCCCCCCCCCC(OC(=O)C(=O)OC(CCCCCCCCCCCC)c1coc([Si](CC)(CC)CC)c1)c1coc([Si](CC)(CC)CC)c1. The minimum Gasteiger partial charge on any atom is -0.474 e. The number of hydrogen-bond acceptors (Lipinski definition) is 6. The lowest BCUT2D eigenvalue weighted by molar-refractivity contribution is -0.175. The smallest absolute Gasteiger partial charge is 0.418 e. The van der Waals surface area contributed by atoms with E-state index in [1.807, 2.05) is 0 Å². The van der Waals surface area contributed by atoms with E-state index in [9.17, 15) is 9.59 Å². The topological polar surface area (TPSA) is 78.9 Å². The van der Waals surface area contributed by atoms with Gasteiger partial charge in [0.15, 0.2) is 0 Å². The molecular formula is C48H86O6Si2. The molecule has 322 valence electrons. The fraction of sp³-hybridized carbons (Fsp3) is 0.792. The van der Waals surface area contributed by atoms with Crippen molar-refractivity contribution in [1.82, 2.24) is 0 Å². The van der Waals surface area contributed by atoms with Gasteiger partial charge in [-0.1, -0.05) is 207 Å². The van der Waals surface area contributed by atoms with Crippen LogP contribution in [0.15, 0.2) is 33.5 Å². The lowest BCUT2D eigenvalue weighted by Gasteiger charge is -2.25. The van der Waals surface area contributed by atoms with Crippen LogP contribution in [-0.4, -0.2) is 28.1 Å². The lowest BCUT2D eigenvalue weighted by atomic mass is 10.0. The van der Waals surface area contributed by atoms with Crippen LogP contribution in [0.2, 0.25) is 36.3 Å². The molecule has 8 heteroatoms. The molecule has 0 aliphatic heterocycles. The van der Waals surface area contributed by atoms with Crippen molar-refractivity contribution < 1.29 is 27.9 Å². The van der Waals surface area contributed by atoms with E-state index in [0.29, 0.717) is 12.8 Å². The van der Waals surface area contributed by atoms with Gasteiger partial charge in [-0.3, -0.25) is 0 Å². The Balaban J connectivity index is 2.16. The molecule has 0 amide bonds. The molecule has 2 atom stereocenters. The van der Waals surface area contributed by atoms with E-state index in [2.05, 4.69) is 67.5 Å². The number of ether oxygens (including phenoxy) is 2. The molecule has 0 bridgehead atoms. The van der Waals surface area contributed by atoms with Gasteiger partial charge in [0.2, 0.25) is 0 Å². The van der Waals surface area contributed by atoms with Gasteiger partial charge in [-0.25, -0.2) is 9.59 Å². The second kappa shape index (κ2) is 29.2. The van der Waals surface area contributed by atoms with Gasteiger partial charge in [0, 0.05) is 11.1 Å². The second-order valence-corrected chi connectivity index (χ2v) is 27.2. The van der Waals surface area contributed by atoms with Crippen LogP contribution in [-0.2, 0) is 19.1 Å². The number of unbranched alkanes of at least 4 members (excludes halogenated alkanes) is 18. The average molecular weight is 815 g/mol. The lowest BCUT2D eigenvalue weighted by Crippen LogP contribution is -2.44. The standard InChI is InChI=1S/C48H86O6Si2/c1-9-17-19-21-23-25-27-29-31-33-35-43(41-37-45(51-39-41)55(11-3,12-4)13-5)53-47(49)48(50)54-44(36-34-32-30-28-26-24-22-20-18-10-2)42-38-46(52-40-42)56(14-6,15-7)16-8/h37-40,43-44H,9-36H2,1-8H3. The van der Waals surface area contributed by atoms with Crippen molar-refractivity contribution in [1.29, 1.82) is 0 Å². The number of rotatable bonds is 34. The van der Waals surface area contributed by atoms with Crippen molar-refractivity contribution >= 4 is 38.9 Å². The van der Waals surface area contributed by atoms with Crippen LogP contribution < -0.4 is 10.8 Å². The zero-order valence-electron chi connectivity index (χ0n) is 37.7. The Hall–Kier alpha value is -2.07. The molecule has 2 aromatic heterocycles. The van der Waals surface area contributed by atoms with Gasteiger partial charge >= 0.3 is 11.9 Å². The molecule has 0 fully saturated rings. The van der Waals surface area contributed by atoms with E-state index >= 15 is 0 Å². The fourth-order valence-corrected chi connectivity index (χ4v) is 15.4. The van der Waals surface area contributed by atoms with E-state index in [1.54, 1.807) is 12.5 Å². The third-order valence-electron chi connectivity index (χ3n) is 13.4. The van der Waals surface area contributed by atoms with Crippen molar-refractivity contribution in [3.63, 3.8) is 0 Å². The Morgan fingerprint density at radius 2 is 0.714 bits per heavy atom. The highest BCUT2D eigenvalue weighted by molar-refractivity contribution is 6.91. The van der Waals surface area contributed by atoms with Gasteiger partial charge in [-0.05, 0) is 37.8 Å². The maximum atomic E-state index is 13.7. The zero-order valence-corrected chi connectivity index (χ0v) is 39.7. The first-order valence-corrected chi connectivity index (χ1v) is 29.1. The van der Waals surface area contributed by atoms with Gasteiger partial charge in [-0.2, -0.15) is 0 Å². The summed E-state index contributed by atoms with van der Waals surface area (Å²) in [6.45, 7) is 18.1. The molecule has 0 aromatic carbocycles. The van der Waals surface area contributed by atoms with Crippen LogP contribution in [0.3, 0.4) is 0 Å². The molecule has 0 aliphatic rings. The van der Waals surface area contributed by atoms with E-state index in [4.69, 9.17) is 18.3 Å². The van der Waals surface area contributed by atoms with Gasteiger partial charge in [0.1, 0.15) is 28.4 Å². The highest BCUT2D eigenvalue weighted by Crippen LogP contribution is 2.31. The van der Waals surface area contributed by atoms with Gasteiger partial charge in [-0.15, -0.1) is 0 Å². The van der Waals surface area contributed by atoms with E-state index in [0.717, 1.165) is 83.8 Å². The molecule has 0 N–H and O–H groups in total. The number of carbonyl (C=O) groups is 2. The first-order valence-electron chi connectivity index (χ1n) is 23.8. The molecule has 2 unspecified atom stereocenters. The molecule has 0 radical (unpaired) electrons.